The zero-order chi connectivity index (χ0) is 25.2. The maximum absolute atomic E-state index is 10.7. The summed E-state index contributed by atoms with van der Waals surface area (Å²) < 4.78 is 59.9. The first-order valence-electron chi connectivity index (χ1n) is 10.4. The maximum Gasteiger partial charge on any atom is 0.522 e. The fraction of sp³-hybridized carbons (Fsp3) is 0.360. The molecular formula is C25H30F3NO3S. The molecule has 180 valence electrons. The van der Waals surface area contributed by atoms with Gasteiger partial charge in [-0.25, -0.2) is 0 Å². The minimum Gasteiger partial charge on any atom is -0.316 e. The van der Waals surface area contributed by atoms with Crippen molar-refractivity contribution in [2.24, 2.45) is 0 Å². The van der Waals surface area contributed by atoms with Gasteiger partial charge in [0.1, 0.15) is 0 Å². The van der Waals surface area contributed by atoms with E-state index in [1.54, 1.807) is 0 Å². The predicted molar refractivity (Wildman–Crippen MR) is 126 cm³/mol. The van der Waals surface area contributed by atoms with E-state index in [-0.39, 0.29) is 10.8 Å². The summed E-state index contributed by atoms with van der Waals surface area (Å²) in [5, 5.41) is 0. The van der Waals surface area contributed by atoms with E-state index in [9.17, 15) is 13.2 Å². The second-order valence-corrected chi connectivity index (χ2v) is 11.2. The standard InChI is InChI=1S/C24H29N.CHF3O3S/c1-23(2,3)20-17-25(19-15-11-8-12-16-19)22(21(20)24(4,5)6)18-13-9-7-10-14-18;2-1(3,4)8(5,6)7/h7-17H,1-6H3;(H,5,6,7). The number of para-hydroxylation sites is 1. The highest BCUT2D eigenvalue weighted by Gasteiger charge is 2.44. The van der Waals surface area contributed by atoms with Crippen molar-refractivity contribution in [2.75, 3.05) is 0 Å². The van der Waals surface area contributed by atoms with Crippen LogP contribution in [0.25, 0.3) is 16.9 Å². The molecule has 0 spiro atoms. The zero-order valence-electron chi connectivity index (χ0n) is 19.6. The van der Waals surface area contributed by atoms with Crippen molar-refractivity contribution < 1.29 is 26.1 Å². The highest BCUT2D eigenvalue weighted by molar-refractivity contribution is 7.86. The number of benzene rings is 2. The lowest BCUT2D eigenvalue weighted by Crippen LogP contribution is -2.21. The van der Waals surface area contributed by atoms with Crippen molar-refractivity contribution in [3.63, 3.8) is 0 Å². The Morgan fingerprint density at radius 1 is 0.758 bits per heavy atom. The Kier molecular flexibility index (Phi) is 7.55. The zero-order valence-corrected chi connectivity index (χ0v) is 20.4. The number of halogens is 3. The van der Waals surface area contributed by atoms with Gasteiger partial charge >= 0.3 is 15.6 Å². The topological polar surface area (TPSA) is 59.3 Å². The van der Waals surface area contributed by atoms with Gasteiger partial charge in [-0.1, -0.05) is 90.1 Å². The summed E-state index contributed by atoms with van der Waals surface area (Å²) in [4.78, 5) is 0. The lowest BCUT2D eigenvalue weighted by Gasteiger charge is -2.28. The van der Waals surface area contributed by atoms with Gasteiger partial charge in [0.2, 0.25) is 0 Å². The van der Waals surface area contributed by atoms with Crippen LogP contribution in [0, 0.1) is 0 Å². The molecule has 3 aromatic rings. The fourth-order valence-corrected chi connectivity index (χ4v) is 3.51. The molecule has 0 unspecified atom stereocenters. The van der Waals surface area contributed by atoms with E-state index in [4.69, 9.17) is 13.0 Å². The molecule has 2 aromatic carbocycles. The van der Waals surface area contributed by atoms with Gasteiger partial charge in [-0.2, -0.15) is 21.6 Å². The van der Waals surface area contributed by atoms with E-state index >= 15 is 0 Å². The fourth-order valence-electron chi connectivity index (χ4n) is 3.51. The number of rotatable bonds is 2. The Morgan fingerprint density at radius 3 is 1.55 bits per heavy atom. The minimum atomic E-state index is -5.84. The SMILES string of the molecule is CC(C)(C)c1cn(-c2ccccc2)c(-c2ccccc2)c1C(C)(C)C.O=S(=O)(O)C(F)(F)F. The average molecular weight is 482 g/mol. The Labute approximate surface area is 193 Å². The highest BCUT2D eigenvalue weighted by Crippen LogP contribution is 2.43. The minimum absolute atomic E-state index is 0.0633. The molecule has 8 heteroatoms. The van der Waals surface area contributed by atoms with Crippen LogP contribution in [-0.4, -0.2) is 23.0 Å². The molecule has 0 amide bonds. The van der Waals surface area contributed by atoms with Gasteiger partial charge in [0.25, 0.3) is 0 Å². The third-order valence-electron chi connectivity index (χ3n) is 4.94. The smallest absolute Gasteiger partial charge is 0.316 e. The van der Waals surface area contributed by atoms with E-state index in [0.29, 0.717) is 0 Å². The predicted octanol–water partition coefficient (Wildman–Crippen LogP) is 7.13. The lowest BCUT2D eigenvalue weighted by molar-refractivity contribution is -0.0510. The van der Waals surface area contributed by atoms with Crippen LogP contribution in [0.4, 0.5) is 13.2 Å². The van der Waals surface area contributed by atoms with Crippen LogP contribution < -0.4 is 0 Å². The van der Waals surface area contributed by atoms with Crippen LogP contribution in [0.2, 0.25) is 0 Å². The van der Waals surface area contributed by atoms with Gasteiger partial charge in [-0.3, -0.25) is 4.55 Å². The molecule has 0 radical (unpaired) electrons. The Hall–Kier alpha value is -2.58. The van der Waals surface area contributed by atoms with Gasteiger partial charge in [0.15, 0.2) is 0 Å². The Balaban J connectivity index is 0.000000414. The quantitative estimate of drug-likeness (QED) is 0.313. The summed E-state index contributed by atoms with van der Waals surface area (Å²) in [6.45, 7) is 13.9. The molecule has 1 aromatic heterocycles. The van der Waals surface area contributed by atoms with Crippen molar-refractivity contribution in [3.05, 3.63) is 78.0 Å². The van der Waals surface area contributed by atoms with E-state index in [2.05, 4.69) is 113 Å². The van der Waals surface area contributed by atoms with Gasteiger partial charge in [-0.05, 0) is 39.7 Å². The summed E-state index contributed by atoms with van der Waals surface area (Å²) in [5.41, 5.74) is 1.27. The Bertz CT molecular complexity index is 1170. The number of alkyl halides is 3. The first-order valence-corrected chi connectivity index (χ1v) is 11.8. The number of hydrogen-bond acceptors (Lipinski definition) is 2. The third-order valence-corrected chi connectivity index (χ3v) is 5.52. The number of hydrogen-bond donors (Lipinski definition) is 1. The van der Waals surface area contributed by atoms with Crippen LogP contribution in [-0.2, 0) is 20.9 Å². The molecule has 0 bridgehead atoms. The van der Waals surface area contributed by atoms with Gasteiger partial charge in [0, 0.05) is 11.9 Å². The molecule has 33 heavy (non-hydrogen) atoms. The van der Waals surface area contributed by atoms with E-state index in [1.807, 2.05) is 0 Å². The van der Waals surface area contributed by atoms with Crippen molar-refractivity contribution >= 4 is 10.1 Å². The second kappa shape index (κ2) is 9.35. The average Bonchev–Trinajstić information content (AvgIpc) is 3.10. The van der Waals surface area contributed by atoms with E-state index in [0.717, 1.165) is 0 Å². The summed E-state index contributed by atoms with van der Waals surface area (Å²) in [6.07, 6.45) is 2.35. The molecule has 0 saturated heterocycles. The molecule has 0 atom stereocenters. The van der Waals surface area contributed by atoms with Gasteiger partial charge < -0.3 is 4.57 Å². The van der Waals surface area contributed by atoms with Crippen LogP contribution in [0.1, 0.15) is 52.7 Å². The lowest BCUT2D eigenvalue weighted by atomic mass is 9.76. The normalized spacial score (nSPS) is 12.8. The van der Waals surface area contributed by atoms with Crippen LogP contribution in [0.5, 0.6) is 0 Å². The van der Waals surface area contributed by atoms with Crippen molar-refractivity contribution in [1.29, 1.82) is 0 Å². The summed E-state index contributed by atoms with van der Waals surface area (Å²) in [5.74, 6) is 0. The molecule has 0 aliphatic heterocycles. The van der Waals surface area contributed by atoms with Gasteiger partial charge in [-0.15, -0.1) is 0 Å². The molecule has 0 aliphatic rings. The third kappa shape index (κ3) is 6.48. The monoisotopic (exact) mass is 481 g/mol. The van der Waals surface area contributed by atoms with Crippen LogP contribution in [0.3, 0.4) is 0 Å². The van der Waals surface area contributed by atoms with Crippen LogP contribution >= 0.6 is 0 Å². The molecule has 1 heterocycles. The first-order chi connectivity index (χ1) is 14.9. The number of aromatic nitrogens is 1. The van der Waals surface area contributed by atoms with Crippen molar-refractivity contribution in [2.45, 2.75) is 57.9 Å². The van der Waals surface area contributed by atoms with E-state index in [1.165, 1.54) is 28.1 Å². The van der Waals surface area contributed by atoms with Crippen molar-refractivity contribution in [3.8, 4) is 16.9 Å². The molecule has 0 saturated carbocycles. The largest absolute Gasteiger partial charge is 0.522 e. The van der Waals surface area contributed by atoms with Gasteiger partial charge in [0.05, 0.1) is 5.69 Å². The molecule has 4 nitrogen and oxygen atoms in total. The highest BCUT2D eigenvalue weighted by atomic mass is 32.2. The molecule has 1 N–H and O–H groups in total. The molecular weight excluding hydrogens is 451 g/mol. The molecule has 3 rings (SSSR count). The van der Waals surface area contributed by atoms with Crippen molar-refractivity contribution in [1.82, 2.24) is 4.57 Å². The summed E-state index contributed by atoms with van der Waals surface area (Å²) in [7, 11) is -5.84. The Morgan fingerprint density at radius 2 is 1.18 bits per heavy atom. The molecule has 0 aliphatic carbocycles. The second-order valence-electron chi connectivity index (χ2n) is 9.76. The number of nitrogens with zero attached hydrogens (tertiary/aromatic N) is 1. The van der Waals surface area contributed by atoms with Crippen LogP contribution in [0.15, 0.2) is 66.9 Å². The summed E-state index contributed by atoms with van der Waals surface area (Å²) >= 11 is 0. The summed E-state index contributed by atoms with van der Waals surface area (Å²) in [6, 6.07) is 21.4. The molecule has 0 fully saturated rings. The van der Waals surface area contributed by atoms with E-state index < -0.39 is 15.6 Å². The first kappa shape index (κ1) is 26.7. The maximum atomic E-state index is 10.7.